The van der Waals surface area contributed by atoms with Crippen molar-refractivity contribution in [1.82, 2.24) is 4.90 Å². The van der Waals surface area contributed by atoms with Crippen LogP contribution < -0.4 is 0 Å². The van der Waals surface area contributed by atoms with Gasteiger partial charge in [-0.2, -0.15) is 0 Å². The Morgan fingerprint density at radius 3 is 2.91 bits per heavy atom. The highest BCUT2D eigenvalue weighted by molar-refractivity contribution is 5.79. The third kappa shape index (κ3) is 1.22. The molecule has 1 unspecified atom stereocenters. The predicted molar refractivity (Wildman–Crippen MR) is 40.4 cm³/mol. The SMILES string of the molecule is C#CCC1(O)CCC(=O)N1C. The zero-order valence-corrected chi connectivity index (χ0v) is 6.50. The number of hydrogen-bond donors (Lipinski definition) is 1. The van der Waals surface area contributed by atoms with Crippen LogP contribution in [0.2, 0.25) is 0 Å². The predicted octanol–water partition coefficient (Wildman–Crippen LogP) is -0.0495. The Kier molecular flexibility index (Phi) is 1.88. The molecule has 1 amide bonds. The van der Waals surface area contributed by atoms with Gasteiger partial charge < -0.3 is 10.0 Å². The fourth-order valence-corrected chi connectivity index (χ4v) is 1.25. The van der Waals surface area contributed by atoms with E-state index in [0.717, 1.165) is 0 Å². The third-order valence-electron chi connectivity index (χ3n) is 2.12. The van der Waals surface area contributed by atoms with Gasteiger partial charge in [-0.15, -0.1) is 12.3 Å². The second kappa shape index (κ2) is 2.55. The minimum Gasteiger partial charge on any atom is -0.370 e. The van der Waals surface area contributed by atoms with Gasteiger partial charge in [0.25, 0.3) is 0 Å². The van der Waals surface area contributed by atoms with Crippen LogP contribution in [0.3, 0.4) is 0 Å². The van der Waals surface area contributed by atoms with Crippen LogP contribution in [0.4, 0.5) is 0 Å². The molecule has 3 nitrogen and oxygen atoms in total. The number of likely N-dealkylation sites (tertiary alicyclic amines) is 1. The van der Waals surface area contributed by atoms with Crippen molar-refractivity contribution < 1.29 is 9.90 Å². The van der Waals surface area contributed by atoms with Gasteiger partial charge in [0.05, 0.1) is 6.42 Å². The molecule has 1 fully saturated rings. The van der Waals surface area contributed by atoms with E-state index < -0.39 is 5.72 Å². The van der Waals surface area contributed by atoms with Crippen LogP contribution in [-0.4, -0.2) is 28.7 Å². The van der Waals surface area contributed by atoms with E-state index in [2.05, 4.69) is 5.92 Å². The van der Waals surface area contributed by atoms with E-state index in [0.29, 0.717) is 12.8 Å². The summed E-state index contributed by atoms with van der Waals surface area (Å²) in [4.78, 5) is 12.3. The van der Waals surface area contributed by atoms with Gasteiger partial charge in [-0.3, -0.25) is 4.79 Å². The van der Waals surface area contributed by atoms with Gasteiger partial charge in [0, 0.05) is 19.9 Å². The molecule has 11 heavy (non-hydrogen) atoms. The van der Waals surface area contributed by atoms with Crippen molar-refractivity contribution in [3.05, 3.63) is 0 Å². The number of aliphatic hydroxyl groups is 1. The lowest BCUT2D eigenvalue weighted by Crippen LogP contribution is -2.42. The Hall–Kier alpha value is -1.01. The summed E-state index contributed by atoms with van der Waals surface area (Å²) in [6.07, 6.45) is 6.12. The highest BCUT2D eigenvalue weighted by Crippen LogP contribution is 2.28. The van der Waals surface area contributed by atoms with E-state index in [-0.39, 0.29) is 12.3 Å². The normalized spacial score (nSPS) is 30.6. The van der Waals surface area contributed by atoms with Crippen LogP contribution in [-0.2, 0) is 4.79 Å². The van der Waals surface area contributed by atoms with Crippen LogP contribution in [0.25, 0.3) is 0 Å². The van der Waals surface area contributed by atoms with Gasteiger partial charge in [0.1, 0.15) is 0 Å². The molecule has 0 spiro atoms. The average molecular weight is 153 g/mol. The topological polar surface area (TPSA) is 40.5 Å². The molecule has 1 rings (SSSR count). The van der Waals surface area contributed by atoms with Crippen molar-refractivity contribution in [1.29, 1.82) is 0 Å². The molecule has 1 aliphatic rings. The maximum Gasteiger partial charge on any atom is 0.224 e. The molecule has 1 N–H and O–H groups in total. The molecule has 1 atom stereocenters. The maximum atomic E-state index is 11.0. The van der Waals surface area contributed by atoms with Crippen LogP contribution in [0, 0.1) is 12.3 Å². The molecular formula is C8H11NO2. The summed E-state index contributed by atoms with van der Waals surface area (Å²) in [6, 6.07) is 0. The lowest BCUT2D eigenvalue weighted by molar-refractivity contribution is -0.140. The Morgan fingerprint density at radius 2 is 2.55 bits per heavy atom. The van der Waals surface area contributed by atoms with E-state index in [1.54, 1.807) is 7.05 Å². The zero-order chi connectivity index (χ0) is 8.48. The second-order valence-corrected chi connectivity index (χ2v) is 2.82. The highest BCUT2D eigenvalue weighted by Gasteiger charge is 2.40. The summed E-state index contributed by atoms with van der Waals surface area (Å²) in [5.41, 5.74) is -1.08. The molecule has 1 saturated heterocycles. The highest BCUT2D eigenvalue weighted by atomic mass is 16.3. The summed E-state index contributed by atoms with van der Waals surface area (Å²) >= 11 is 0. The molecule has 1 heterocycles. The number of nitrogens with zero attached hydrogens (tertiary/aromatic N) is 1. The Bertz CT molecular complexity index is 219. The number of rotatable bonds is 1. The molecule has 0 aromatic carbocycles. The third-order valence-corrected chi connectivity index (χ3v) is 2.12. The number of hydrogen-bond acceptors (Lipinski definition) is 2. The van der Waals surface area contributed by atoms with Crippen molar-refractivity contribution in [3.8, 4) is 12.3 Å². The van der Waals surface area contributed by atoms with E-state index in [9.17, 15) is 9.90 Å². The van der Waals surface area contributed by atoms with Crippen LogP contribution in [0.5, 0.6) is 0 Å². The fourth-order valence-electron chi connectivity index (χ4n) is 1.25. The summed E-state index contributed by atoms with van der Waals surface area (Å²) in [7, 11) is 1.58. The van der Waals surface area contributed by atoms with Crippen molar-refractivity contribution in [2.45, 2.75) is 25.0 Å². The lowest BCUT2D eigenvalue weighted by atomic mass is 10.1. The van der Waals surface area contributed by atoms with Gasteiger partial charge in [0.2, 0.25) is 5.91 Å². The molecule has 1 aliphatic heterocycles. The smallest absolute Gasteiger partial charge is 0.224 e. The minimum atomic E-state index is -1.08. The minimum absolute atomic E-state index is 0.0391. The monoisotopic (exact) mass is 153 g/mol. The van der Waals surface area contributed by atoms with Gasteiger partial charge in [-0.25, -0.2) is 0 Å². The molecule has 3 heteroatoms. The second-order valence-electron chi connectivity index (χ2n) is 2.82. The lowest BCUT2D eigenvalue weighted by Gasteiger charge is -2.28. The fraction of sp³-hybridized carbons (Fsp3) is 0.625. The van der Waals surface area contributed by atoms with Crippen molar-refractivity contribution in [2.75, 3.05) is 7.05 Å². The number of carbonyl (C=O) groups is 1. The van der Waals surface area contributed by atoms with Gasteiger partial charge in [-0.1, -0.05) is 0 Å². The first-order valence-corrected chi connectivity index (χ1v) is 3.53. The van der Waals surface area contributed by atoms with Crippen LogP contribution in [0.15, 0.2) is 0 Å². The van der Waals surface area contributed by atoms with Gasteiger partial charge in [0.15, 0.2) is 5.72 Å². The standard InChI is InChI=1S/C8H11NO2/c1-3-5-8(11)6-4-7(10)9(8)2/h1,11H,4-6H2,2H3. The van der Waals surface area contributed by atoms with E-state index >= 15 is 0 Å². The molecule has 0 radical (unpaired) electrons. The van der Waals surface area contributed by atoms with Gasteiger partial charge in [-0.05, 0) is 0 Å². The van der Waals surface area contributed by atoms with Crippen LogP contribution >= 0.6 is 0 Å². The zero-order valence-electron chi connectivity index (χ0n) is 6.50. The van der Waals surface area contributed by atoms with Crippen LogP contribution in [0.1, 0.15) is 19.3 Å². The number of amides is 1. The molecule has 0 aromatic heterocycles. The summed E-state index contributed by atoms with van der Waals surface area (Å²) in [5.74, 6) is 2.32. The molecule has 0 aromatic rings. The molecule has 60 valence electrons. The maximum absolute atomic E-state index is 11.0. The van der Waals surface area contributed by atoms with Crippen molar-refractivity contribution >= 4 is 5.91 Å². The summed E-state index contributed by atoms with van der Waals surface area (Å²) in [6.45, 7) is 0. The van der Waals surface area contributed by atoms with E-state index in [1.807, 2.05) is 0 Å². The van der Waals surface area contributed by atoms with Gasteiger partial charge >= 0.3 is 0 Å². The summed E-state index contributed by atoms with van der Waals surface area (Å²) < 4.78 is 0. The first kappa shape index (κ1) is 8.09. The Labute approximate surface area is 66.0 Å². The number of carbonyl (C=O) groups excluding carboxylic acids is 1. The molecular weight excluding hydrogens is 142 g/mol. The Morgan fingerprint density at radius 1 is 1.91 bits per heavy atom. The van der Waals surface area contributed by atoms with E-state index in [4.69, 9.17) is 6.42 Å². The quantitative estimate of drug-likeness (QED) is 0.536. The molecule has 0 saturated carbocycles. The Balaban J connectivity index is 2.74. The number of terminal acetylenes is 1. The largest absolute Gasteiger partial charge is 0.370 e. The summed E-state index contributed by atoms with van der Waals surface area (Å²) in [5, 5.41) is 9.69. The van der Waals surface area contributed by atoms with Crippen molar-refractivity contribution in [3.63, 3.8) is 0 Å². The first-order valence-electron chi connectivity index (χ1n) is 3.53. The molecule has 0 aliphatic carbocycles. The van der Waals surface area contributed by atoms with E-state index in [1.165, 1.54) is 4.90 Å². The molecule has 0 bridgehead atoms. The first-order chi connectivity index (χ1) is 5.10. The average Bonchev–Trinajstić information content (AvgIpc) is 2.19. The van der Waals surface area contributed by atoms with Crippen molar-refractivity contribution in [2.24, 2.45) is 0 Å².